The molecule has 1 aliphatic rings. The first-order valence-corrected chi connectivity index (χ1v) is 8.82. The maximum Gasteiger partial charge on any atom is 0.163 e. The summed E-state index contributed by atoms with van der Waals surface area (Å²) in [5, 5.41) is 4.14. The van der Waals surface area contributed by atoms with Gasteiger partial charge in [-0.15, -0.1) is 0 Å². The summed E-state index contributed by atoms with van der Waals surface area (Å²) >= 11 is 6.23. The molecule has 0 atom stereocenters. The molecule has 0 amide bonds. The van der Waals surface area contributed by atoms with E-state index in [2.05, 4.69) is 24.4 Å². The molecule has 1 N–H and O–H groups in total. The van der Waals surface area contributed by atoms with Crippen LogP contribution >= 0.6 is 11.6 Å². The Morgan fingerprint density at radius 3 is 2.62 bits per heavy atom. The highest BCUT2D eigenvalue weighted by Gasteiger charge is 2.19. The van der Waals surface area contributed by atoms with Crippen LogP contribution in [-0.4, -0.2) is 20.2 Å². The number of benzene rings is 2. The number of aryl methyl sites for hydroxylation is 1. The van der Waals surface area contributed by atoms with Gasteiger partial charge in [0.15, 0.2) is 11.5 Å². The van der Waals surface area contributed by atoms with Crippen molar-refractivity contribution in [2.24, 2.45) is 0 Å². The molecule has 1 saturated heterocycles. The second-order valence-electron chi connectivity index (χ2n) is 6.27. The third kappa shape index (κ3) is 3.85. The molecule has 1 aliphatic heterocycles. The van der Waals surface area contributed by atoms with E-state index in [0.717, 1.165) is 53.6 Å². The van der Waals surface area contributed by atoms with Crippen molar-refractivity contribution in [2.45, 2.75) is 32.3 Å². The predicted octanol–water partition coefficient (Wildman–Crippen LogP) is 4.70. The molecule has 1 fully saturated rings. The first-order valence-electron chi connectivity index (χ1n) is 8.44. The Kier molecular flexibility index (Phi) is 5.64. The van der Waals surface area contributed by atoms with Gasteiger partial charge in [0.1, 0.15) is 6.61 Å². The summed E-state index contributed by atoms with van der Waals surface area (Å²) in [6.45, 7) is 4.66. The average Bonchev–Trinajstić information content (AvgIpc) is 2.61. The maximum absolute atomic E-state index is 6.23. The van der Waals surface area contributed by atoms with Gasteiger partial charge in [0, 0.05) is 10.6 Å². The van der Waals surface area contributed by atoms with Gasteiger partial charge in [-0.25, -0.2) is 0 Å². The van der Waals surface area contributed by atoms with Crippen LogP contribution in [0.5, 0.6) is 11.5 Å². The molecule has 0 unspecified atom stereocenters. The fraction of sp³-hybridized carbons (Fsp3) is 0.400. The van der Waals surface area contributed by atoms with Crippen molar-refractivity contribution >= 4 is 11.6 Å². The number of nitrogens with one attached hydrogen (secondary N) is 1. The number of hydrogen-bond acceptors (Lipinski definition) is 3. The molecule has 0 aromatic heterocycles. The van der Waals surface area contributed by atoms with E-state index in [1.54, 1.807) is 7.11 Å². The van der Waals surface area contributed by atoms with Crippen LogP contribution in [0.25, 0.3) is 0 Å². The molecular formula is C20H24ClNO2. The molecule has 0 saturated carbocycles. The van der Waals surface area contributed by atoms with Crippen molar-refractivity contribution in [1.29, 1.82) is 0 Å². The third-order valence-corrected chi connectivity index (χ3v) is 4.99. The number of halogens is 1. The van der Waals surface area contributed by atoms with E-state index in [0.29, 0.717) is 12.5 Å². The van der Waals surface area contributed by atoms with Crippen molar-refractivity contribution in [3.8, 4) is 11.5 Å². The quantitative estimate of drug-likeness (QED) is 0.851. The molecule has 2 aromatic carbocycles. The van der Waals surface area contributed by atoms with Crippen LogP contribution in [-0.2, 0) is 6.61 Å². The molecule has 0 bridgehead atoms. The Bertz CT molecular complexity index is 696. The lowest BCUT2D eigenvalue weighted by Gasteiger charge is -2.24. The van der Waals surface area contributed by atoms with E-state index in [-0.39, 0.29) is 0 Å². The number of hydrogen-bond donors (Lipinski definition) is 1. The minimum absolute atomic E-state index is 0.436. The lowest BCUT2D eigenvalue weighted by Crippen LogP contribution is -2.26. The molecule has 3 nitrogen and oxygen atoms in total. The molecule has 3 rings (SSSR count). The topological polar surface area (TPSA) is 30.5 Å². The summed E-state index contributed by atoms with van der Waals surface area (Å²) < 4.78 is 11.6. The Morgan fingerprint density at radius 2 is 1.92 bits per heavy atom. The van der Waals surface area contributed by atoms with E-state index in [1.165, 1.54) is 5.56 Å². The van der Waals surface area contributed by atoms with E-state index < -0.39 is 0 Å². The van der Waals surface area contributed by atoms with Crippen molar-refractivity contribution in [3.63, 3.8) is 0 Å². The van der Waals surface area contributed by atoms with Gasteiger partial charge >= 0.3 is 0 Å². The smallest absolute Gasteiger partial charge is 0.163 e. The van der Waals surface area contributed by atoms with Gasteiger partial charge in [0.25, 0.3) is 0 Å². The monoisotopic (exact) mass is 345 g/mol. The maximum atomic E-state index is 6.23. The molecule has 0 aliphatic carbocycles. The van der Waals surface area contributed by atoms with Crippen molar-refractivity contribution in [2.75, 3.05) is 20.2 Å². The highest BCUT2D eigenvalue weighted by atomic mass is 35.5. The first-order chi connectivity index (χ1) is 11.7. The van der Waals surface area contributed by atoms with Crippen LogP contribution in [0.2, 0.25) is 5.02 Å². The molecule has 24 heavy (non-hydrogen) atoms. The molecule has 1 heterocycles. The SMILES string of the molecule is COc1c(C)cc(C2CCNCC2)cc1OCc1ccccc1Cl. The molecule has 2 aromatic rings. The summed E-state index contributed by atoms with van der Waals surface area (Å²) in [6, 6.07) is 12.1. The van der Waals surface area contributed by atoms with Gasteiger partial charge in [0.2, 0.25) is 0 Å². The summed E-state index contributed by atoms with van der Waals surface area (Å²) in [7, 11) is 1.69. The summed E-state index contributed by atoms with van der Waals surface area (Å²) in [5.74, 6) is 2.18. The fourth-order valence-corrected chi connectivity index (χ4v) is 3.49. The summed E-state index contributed by atoms with van der Waals surface area (Å²) in [5.41, 5.74) is 3.43. The number of methoxy groups -OCH3 is 1. The van der Waals surface area contributed by atoms with Gasteiger partial charge in [-0.1, -0.05) is 35.9 Å². The van der Waals surface area contributed by atoms with Gasteiger partial charge < -0.3 is 14.8 Å². The van der Waals surface area contributed by atoms with Gasteiger partial charge in [-0.05, 0) is 62.0 Å². The van der Waals surface area contributed by atoms with Gasteiger partial charge in [-0.2, -0.15) is 0 Å². The minimum atomic E-state index is 0.436. The molecule has 128 valence electrons. The Balaban J connectivity index is 1.84. The normalized spacial score (nSPS) is 15.3. The van der Waals surface area contributed by atoms with Crippen LogP contribution in [0, 0.1) is 6.92 Å². The number of rotatable bonds is 5. The highest BCUT2D eigenvalue weighted by molar-refractivity contribution is 6.31. The van der Waals surface area contributed by atoms with Crippen LogP contribution in [0.15, 0.2) is 36.4 Å². The standard InChI is InChI=1S/C20H24ClNO2/c1-14-11-17(15-7-9-22-10-8-15)12-19(20(14)23-2)24-13-16-5-3-4-6-18(16)21/h3-6,11-12,15,22H,7-10,13H2,1-2H3. The first kappa shape index (κ1) is 17.1. The highest BCUT2D eigenvalue weighted by Crippen LogP contribution is 2.37. The zero-order valence-electron chi connectivity index (χ0n) is 14.3. The fourth-order valence-electron chi connectivity index (χ4n) is 3.30. The van der Waals surface area contributed by atoms with Crippen LogP contribution < -0.4 is 14.8 Å². The van der Waals surface area contributed by atoms with E-state index in [9.17, 15) is 0 Å². The van der Waals surface area contributed by atoms with Crippen LogP contribution in [0.1, 0.15) is 35.4 Å². The molecule has 0 radical (unpaired) electrons. The van der Waals surface area contributed by atoms with E-state index in [1.807, 2.05) is 24.3 Å². The lowest BCUT2D eigenvalue weighted by atomic mass is 9.89. The van der Waals surface area contributed by atoms with Gasteiger partial charge in [-0.3, -0.25) is 0 Å². The Hall–Kier alpha value is -1.71. The van der Waals surface area contributed by atoms with Crippen molar-refractivity contribution < 1.29 is 9.47 Å². The zero-order valence-corrected chi connectivity index (χ0v) is 15.0. The lowest BCUT2D eigenvalue weighted by molar-refractivity contribution is 0.283. The van der Waals surface area contributed by atoms with Crippen LogP contribution in [0.3, 0.4) is 0 Å². The molecular weight excluding hydrogens is 322 g/mol. The molecule has 4 heteroatoms. The predicted molar refractivity (Wildman–Crippen MR) is 98.4 cm³/mol. The second kappa shape index (κ2) is 7.91. The number of piperidine rings is 1. The third-order valence-electron chi connectivity index (χ3n) is 4.62. The largest absolute Gasteiger partial charge is 0.493 e. The van der Waals surface area contributed by atoms with E-state index >= 15 is 0 Å². The zero-order chi connectivity index (χ0) is 16.9. The summed E-state index contributed by atoms with van der Waals surface area (Å²) in [6.07, 6.45) is 2.32. The Morgan fingerprint density at radius 1 is 1.17 bits per heavy atom. The van der Waals surface area contributed by atoms with Crippen molar-refractivity contribution in [1.82, 2.24) is 5.32 Å². The van der Waals surface area contributed by atoms with Crippen molar-refractivity contribution in [3.05, 3.63) is 58.1 Å². The minimum Gasteiger partial charge on any atom is -0.493 e. The average molecular weight is 346 g/mol. The van der Waals surface area contributed by atoms with Gasteiger partial charge in [0.05, 0.1) is 7.11 Å². The molecule has 0 spiro atoms. The van der Waals surface area contributed by atoms with Crippen LogP contribution in [0.4, 0.5) is 0 Å². The second-order valence-corrected chi connectivity index (χ2v) is 6.68. The Labute approximate surface area is 148 Å². The van der Waals surface area contributed by atoms with E-state index in [4.69, 9.17) is 21.1 Å². The summed E-state index contributed by atoms with van der Waals surface area (Å²) in [4.78, 5) is 0. The number of ether oxygens (including phenoxy) is 2.